The summed E-state index contributed by atoms with van der Waals surface area (Å²) in [6, 6.07) is 15.2. The third-order valence-electron chi connectivity index (χ3n) is 10.4. The molecule has 2 aromatic carbocycles. The molecule has 0 bridgehead atoms. The summed E-state index contributed by atoms with van der Waals surface area (Å²) in [6.07, 6.45) is 14.9. The molecule has 2 saturated carbocycles. The van der Waals surface area contributed by atoms with Gasteiger partial charge in [-0.25, -0.2) is 9.59 Å². The highest BCUT2D eigenvalue weighted by Crippen LogP contribution is 2.46. The highest BCUT2D eigenvalue weighted by molar-refractivity contribution is 5.88. The van der Waals surface area contributed by atoms with Crippen molar-refractivity contribution in [2.75, 3.05) is 47.3 Å². The summed E-state index contributed by atoms with van der Waals surface area (Å²) >= 11 is 0. The van der Waals surface area contributed by atoms with E-state index in [2.05, 4.69) is 56.5 Å². The molecule has 0 unspecified atom stereocenters. The van der Waals surface area contributed by atoms with Crippen molar-refractivity contribution >= 4 is 11.9 Å². The van der Waals surface area contributed by atoms with Gasteiger partial charge in [-0.05, 0) is 109 Å². The van der Waals surface area contributed by atoms with Gasteiger partial charge in [0.2, 0.25) is 0 Å². The number of hydrogen-bond donors (Lipinski definition) is 0. The quantitative estimate of drug-likeness (QED) is 0.0836. The van der Waals surface area contributed by atoms with Crippen molar-refractivity contribution in [2.24, 2.45) is 17.8 Å². The largest absolute Gasteiger partial charge is 0.490 e. The molecule has 7 heteroatoms. The normalized spacial score (nSPS) is 20.7. The van der Waals surface area contributed by atoms with Crippen molar-refractivity contribution in [2.45, 2.75) is 89.9 Å². The number of benzene rings is 2. The van der Waals surface area contributed by atoms with E-state index >= 15 is 0 Å². The van der Waals surface area contributed by atoms with Crippen molar-refractivity contribution in [3.05, 3.63) is 77.9 Å². The Morgan fingerprint density at radius 2 is 1.33 bits per heavy atom. The van der Waals surface area contributed by atoms with Gasteiger partial charge in [0.05, 0.1) is 31.0 Å². The maximum absolute atomic E-state index is 12.1. The second-order valence-corrected chi connectivity index (χ2v) is 13.9. The van der Waals surface area contributed by atoms with Gasteiger partial charge in [0.25, 0.3) is 0 Å². The molecule has 0 N–H and O–H groups in total. The first-order valence-electron chi connectivity index (χ1n) is 18.4. The van der Waals surface area contributed by atoms with Gasteiger partial charge in [0.1, 0.15) is 19.0 Å². The van der Waals surface area contributed by atoms with Crippen molar-refractivity contribution in [3.63, 3.8) is 0 Å². The number of esters is 2. The molecular weight excluding hydrogens is 616 g/mol. The fourth-order valence-electron chi connectivity index (χ4n) is 7.75. The molecule has 7 nitrogen and oxygen atoms in total. The zero-order chi connectivity index (χ0) is 35.0. The first-order valence-corrected chi connectivity index (χ1v) is 18.4. The smallest absolute Gasteiger partial charge is 0.335 e. The Bertz CT molecular complexity index is 1350. The Kier molecular flexibility index (Phi) is 15.9. The van der Waals surface area contributed by atoms with Crippen LogP contribution in [0.1, 0.15) is 94.6 Å². The average molecular weight is 675 g/mol. The molecule has 0 aromatic heterocycles. The molecule has 0 amide bonds. The van der Waals surface area contributed by atoms with Gasteiger partial charge >= 0.3 is 11.9 Å². The predicted octanol–water partition coefficient (Wildman–Crippen LogP) is 9.04. The van der Waals surface area contributed by atoms with Crippen molar-refractivity contribution < 1.29 is 33.3 Å². The Morgan fingerprint density at radius 3 is 1.92 bits per heavy atom. The topological polar surface area (TPSA) is 80.3 Å². The summed E-state index contributed by atoms with van der Waals surface area (Å²) < 4.78 is 26.7. The number of carbonyl (C=O) groups is 2. The van der Waals surface area contributed by atoms with Crippen LogP contribution in [0.5, 0.6) is 5.75 Å². The zero-order valence-corrected chi connectivity index (χ0v) is 30.1. The maximum atomic E-state index is 12.1. The third-order valence-corrected chi connectivity index (χ3v) is 10.4. The van der Waals surface area contributed by atoms with Crippen molar-refractivity contribution in [1.29, 1.82) is 0 Å². The van der Waals surface area contributed by atoms with Gasteiger partial charge in [0.15, 0.2) is 0 Å². The minimum atomic E-state index is -0.463. The predicted molar refractivity (Wildman–Crippen MR) is 195 cm³/mol. The molecule has 0 saturated heterocycles. The number of carbonyl (C=O) groups excluding carboxylic acids is 2. The van der Waals surface area contributed by atoms with Gasteiger partial charge < -0.3 is 23.7 Å². The van der Waals surface area contributed by atoms with E-state index in [9.17, 15) is 9.59 Å². The van der Waals surface area contributed by atoms with Crippen LogP contribution in [0.4, 0.5) is 0 Å². The molecule has 4 rings (SSSR count). The first-order chi connectivity index (χ1) is 23.8. The van der Waals surface area contributed by atoms with Crippen LogP contribution in [-0.4, -0.2) is 59.2 Å². The second-order valence-electron chi connectivity index (χ2n) is 13.9. The molecule has 0 atom stereocenters. The van der Waals surface area contributed by atoms with Crippen LogP contribution in [0.15, 0.2) is 66.8 Å². The Morgan fingerprint density at radius 1 is 0.735 bits per heavy atom. The molecule has 2 aromatic rings. The lowest BCUT2D eigenvalue weighted by molar-refractivity contribution is -0.140. The molecule has 268 valence electrons. The van der Waals surface area contributed by atoms with Crippen molar-refractivity contribution in [1.82, 2.24) is 0 Å². The van der Waals surface area contributed by atoms with Gasteiger partial charge in [0, 0.05) is 14.2 Å². The lowest BCUT2D eigenvalue weighted by Gasteiger charge is -2.38. The number of methoxy groups -OCH3 is 2. The van der Waals surface area contributed by atoms with E-state index in [1.807, 2.05) is 6.07 Å². The van der Waals surface area contributed by atoms with Gasteiger partial charge in [-0.1, -0.05) is 76.1 Å². The lowest BCUT2D eigenvalue weighted by atomic mass is 9.67. The number of ether oxygens (including phenoxy) is 5. The summed E-state index contributed by atoms with van der Waals surface area (Å²) in [6.45, 7) is 10.8. The van der Waals surface area contributed by atoms with E-state index in [1.165, 1.54) is 101 Å². The molecule has 0 radical (unpaired) electrons. The monoisotopic (exact) mass is 674 g/mol. The Balaban J connectivity index is 1.39. The van der Waals surface area contributed by atoms with Crippen LogP contribution in [0.2, 0.25) is 0 Å². The van der Waals surface area contributed by atoms with Crippen LogP contribution >= 0.6 is 0 Å². The van der Waals surface area contributed by atoms with E-state index in [0.717, 1.165) is 36.3 Å². The Hall–Kier alpha value is -3.42. The molecule has 0 aliphatic heterocycles. The third kappa shape index (κ3) is 11.9. The minimum Gasteiger partial charge on any atom is -0.490 e. The van der Waals surface area contributed by atoms with E-state index in [-0.39, 0.29) is 32.0 Å². The summed E-state index contributed by atoms with van der Waals surface area (Å²) in [7, 11) is 3.05. The molecule has 2 aliphatic carbocycles. The van der Waals surface area contributed by atoms with Crippen molar-refractivity contribution in [3.8, 4) is 16.9 Å². The highest BCUT2D eigenvalue weighted by atomic mass is 16.6. The fraction of sp³-hybridized carbons (Fsp3) is 0.571. The molecular formula is C42H58O7. The SMILES string of the molecule is C=C(COC)C(=O)OCCCc1ccc(-c2ccc(OCCOC(=O)C(=C)COC)cc2C2CCC(C3CCC(CCC)CC3)CC2)cc1. The standard InChI is InChI=1S/C42H58O7/c1-6-8-32-10-14-34(15-11-32)35-18-20-37(21-19-35)40-27-38(47-25-26-49-42(44)31(3)29-46-5)22-23-39(40)36-16-12-33(13-17-36)9-7-24-48-41(43)30(2)28-45-4/h12-13,16-17,22-23,27,32,34-35,37H,2-3,6-11,14-15,18-21,24-26,28-29H2,1,4-5H3. The summed E-state index contributed by atoms with van der Waals surface area (Å²) in [5.41, 5.74) is 5.59. The lowest BCUT2D eigenvalue weighted by Crippen LogP contribution is -2.25. The highest BCUT2D eigenvalue weighted by Gasteiger charge is 2.32. The second kappa shape index (κ2) is 20.3. The van der Waals surface area contributed by atoms with Gasteiger partial charge in [-0.15, -0.1) is 0 Å². The van der Waals surface area contributed by atoms with Gasteiger partial charge in [-0.2, -0.15) is 0 Å². The van der Waals surface area contributed by atoms with Crippen LogP contribution in [-0.2, 0) is 35.0 Å². The zero-order valence-electron chi connectivity index (χ0n) is 30.1. The average Bonchev–Trinajstić information content (AvgIpc) is 3.12. The van der Waals surface area contributed by atoms with Crippen LogP contribution in [0.25, 0.3) is 11.1 Å². The van der Waals surface area contributed by atoms with E-state index in [4.69, 9.17) is 23.7 Å². The van der Waals surface area contributed by atoms with E-state index in [0.29, 0.717) is 18.1 Å². The van der Waals surface area contributed by atoms with E-state index < -0.39 is 11.9 Å². The Labute approximate surface area is 294 Å². The van der Waals surface area contributed by atoms with E-state index in [1.54, 1.807) is 0 Å². The fourth-order valence-corrected chi connectivity index (χ4v) is 7.75. The van der Waals surface area contributed by atoms with Crippen LogP contribution in [0.3, 0.4) is 0 Å². The summed E-state index contributed by atoms with van der Waals surface area (Å²) in [4.78, 5) is 24.1. The first kappa shape index (κ1) is 38.4. The number of hydrogen-bond acceptors (Lipinski definition) is 7. The van der Waals surface area contributed by atoms with Crippen LogP contribution < -0.4 is 4.74 Å². The van der Waals surface area contributed by atoms with Gasteiger partial charge in [-0.3, -0.25) is 0 Å². The number of aryl methyl sites for hydroxylation is 1. The maximum Gasteiger partial charge on any atom is 0.335 e. The molecule has 2 aliphatic rings. The van der Waals surface area contributed by atoms with Crippen LogP contribution in [0, 0.1) is 17.8 Å². The summed E-state index contributed by atoms with van der Waals surface area (Å²) in [5.74, 6) is 3.09. The minimum absolute atomic E-state index is 0.146. The molecule has 0 heterocycles. The number of rotatable bonds is 19. The molecule has 0 spiro atoms. The molecule has 49 heavy (non-hydrogen) atoms. The molecule has 2 fully saturated rings. The summed E-state index contributed by atoms with van der Waals surface area (Å²) in [5, 5.41) is 0.